The Balaban J connectivity index is 1.39. The number of halogens is 1. The predicted molar refractivity (Wildman–Crippen MR) is 141 cm³/mol. The molecule has 1 aliphatic rings. The zero-order chi connectivity index (χ0) is 25.5. The summed E-state index contributed by atoms with van der Waals surface area (Å²) in [6.07, 6.45) is 5.26. The number of nitrogens with one attached hydrogen (secondary N) is 2. The topological polar surface area (TPSA) is 98.2 Å². The van der Waals surface area contributed by atoms with E-state index in [9.17, 15) is 9.59 Å². The van der Waals surface area contributed by atoms with Crippen LogP contribution in [0, 0.1) is 0 Å². The molecule has 1 aliphatic carbocycles. The van der Waals surface area contributed by atoms with E-state index in [4.69, 9.17) is 25.8 Å². The highest BCUT2D eigenvalue weighted by Gasteiger charge is 2.26. The monoisotopic (exact) mass is 527 g/mol. The van der Waals surface area contributed by atoms with Gasteiger partial charge < -0.3 is 14.2 Å². The van der Waals surface area contributed by atoms with E-state index < -0.39 is 12.0 Å². The molecule has 4 rings (SSSR count). The molecule has 2 N–H and O–H groups in total. The Morgan fingerprint density at radius 3 is 2.69 bits per heavy atom. The standard InChI is InChI=1S/C26H26ClN3O5S/c1-33-21-13-16(11-12-20(21)35-15-17-7-3-5-9-19(17)27)14-28-30-26(32)29-24-23(25(31)34-2)18-8-4-6-10-22(18)36-24/h3,5,7,9,11-14H,4,6,8,10,15H2,1-2H3,(H2,29,30,32). The SMILES string of the molecule is COC(=O)c1c(NC(=O)NN=Cc2ccc(OCc3ccccc3Cl)c(OC)c2)sc2c1CCCC2. The maximum Gasteiger partial charge on any atom is 0.341 e. The first-order chi connectivity index (χ1) is 17.5. The summed E-state index contributed by atoms with van der Waals surface area (Å²) in [6.45, 7) is 0.297. The number of ether oxygens (including phenoxy) is 3. The van der Waals surface area contributed by atoms with Crippen LogP contribution >= 0.6 is 22.9 Å². The van der Waals surface area contributed by atoms with E-state index in [2.05, 4.69) is 15.8 Å². The molecule has 0 aliphatic heterocycles. The molecule has 188 valence electrons. The summed E-state index contributed by atoms with van der Waals surface area (Å²) in [5.41, 5.74) is 5.41. The number of carbonyl (C=O) groups is 2. The molecule has 0 atom stereocenters. The summed E-state index contributed by atoms with van der Waals surface area (Å²) in [5, 5.41) is 7.85. The lowest BCUT2D eigenvalue weighted by Crippen LogP contribution is -2.24. The predicted octanol–water partition coefficient (Wildman–Crippen LogP) is 5.81. The highest BCUT2D eigenvalue weighted by molar-refractivity contribution is 7.17. The summed E-state index contributed by atoms with van der Waals surface area (Å²) in [5.74, 6) is 0.622. The van der Waals surface area contributed by atoms with Gasteiger partial charge in [0.15, 0.2) is 11.5 Å². The first-order valence-electron chi connectivity index (χ1n) is 11.4. The van der Waals surface area contributed by atoms with Crippen LogP contribution in [-0.2, 0) is 24.2 Å². The van der Waals surface area contributed by atoms with Crippen molar-refractivity contribution in [1.82, 2.24) is 5.43 Å². The molecule has 0 fully saturated rings. The Hall–Kier alpha value is -3.56. The summed E-state index contributed by atoms with van der Waals surface area (Å²) >= 11 is 7.60. The number of hydrogen-bond donors (Lipinski definition) is 2. The van der Waals surface area contributed by atoms with Gasteiger partial charge in [-0.25, -0.2) is 15.0 Å². The van der Waals surface area contributed by atoms with Gasteiger partial charge in [0.25, 0.3) is 0 Å². The second-order valence-electron chi connectivity index (χ2n) is 8.02. The largest absolute Gasteiger partial charge is 0.493 e. The molecule has 2 amide bonds. The lowest BCUT2D eigenvalue weighted by Gasteiger charge is -2.12. The van der Waals surface area contributed by atoms with Crippen molar-refractivity contribution in [3.63, 3.8) is 0 Å². The zero-order valence-electron chi connectivity index (χ0n) is 19.9. The number of hydrogen-bond acceptors (Lipinski definition) is 7. The molecule has 3 aromatic rings. The van der Waals surface area contributed by atoms with Gasteiger partial charge in [-0.2, -0.15) is 5.10 Å². The van der Waals surface area contributed by atoms with E-state index in [1.54, 1.807) is 25.3 Å². The number of aryl methyl sites for hydroxylation is 1. The fraction of sp³-hybridized carbons (Fsp3) is 0.269. The minimum atomic E-state index is -0.554. The number of nitrogens with zero attached hydrogens (tertiary/aromatic N) is 1. The van der Waals surface area contributed by atoms with Gasteiger partial charge in [-0.15, -0.1) is 11.3 Å². The van der Waals surface area contributed by atoms with Crippen molar-refractivity contribution in [2.75, 3.05) is 19.5 Å². The smallest absolute Gasteiger partial charge is 0.341 e. The van der Waals surface area contributed by atoms with Gasteiger partial charge in [-0.1, -0.05) is 29.8 Å². The summed E-state index contributed by atoms with van der Waals surface area (Å²) in [7, 11) is 2.88. The molecule has 0 unspecified atom stereocenters. The lowest BCUT2D eigenvalue weighted by molar-refractivity contribution is 0.0601. The third-order valence-corrected chi connectivity index (χ3v) is 7.27. The number of carbonyl (C=O) groups excluding carboxylic acids is 2. The highest BCUT2D eigenvalue weighted by atomic mass is 35.5. The molecule has 1 heterocycles. The van der Waals surface area contributed by atoms with E-state index in [-0.39, 0.29) is 0 Å². The van der Waals surface area contributed by atoms with Gasteiger partial charge >= 0.3 is 12.0 Å². The van der Waals surface area contributed by atoms with Crippen molar-refractivity contribution in [1.29, 1.82) is 0 Å². The molecule has 0 saturated carbocycles. The van der Waals surface area contributed by atoms with Crippen LogP contribution in [0.4, 0.5) is 9.80 Å². The van der Waals surface area contributed by atoms with E-state index in [1.165, 1.54) is 24.7 Å². The Kier molecular flexibility index (Phi) is 8.45. The maximum absolute atomic E-state index is 12.5. The summed E-state index contributed by atoms with van der Waals surface area (Å²) < 4.78 is 16.2. The number of hydrazone groups is 1. The molecule has 0 radical (unpaired) electrons. The first-order valence-corrected chi connectivity index (χ1v) is 12.6. The van der Waals surface area contributed by atoms with Crippen molar-refractivity contribution < 1.29 is 23.8 Å². The average molecular weight is 528 g/mol. The molecule has 1 aromatic heterocycles. The van der Waals surface area contributed by atoms with Crippen LogP contribution in [0.1, 0.15) is 44.8 Å². The Morgan fingerprint density at radius 2 is 1.92 bits per heavy atom. The number of esters is 1. The number of anilines is 1. The van der Waals surface area contributed by atoms with Crippen LogP contribution in [0.25, 0.3) is 0 Å². The molecule has 0 saturated heterocycles. The van der Waals surface area contributed by atoms with Gasteiger partial charge in [0, 0.05) is 15.5 Å². The molecular formula is C26H26ClN3O5S. The van der Waals surface area contributed by atoms with Gasteiger partial charge in [-0.3, -0.25) is 5.32 Å². The molecule has 36 heavy (non-hydrogen) atoms. The Labute approximate surface area is 218 Å². The van der Waals surface area contributed by atoms with Crippen molar-refractivity contribution in [3.05, 3.63) is 74.6 Å². The maximum atomic E-state index is 12.5. The van der Waals surface area contributed by atoms with Crippen LogP contribution < -0.4 is 20.2 Å². The van der Waals surface area contributed by atoms with Gasteiger partial charge in [0.1, 0.15) is 11.6 Å². The second-order valence-corrected chi connectivity index (χ2v) is 9.53. The van der Waals surface area contributed by atoms with Crippen LogP contribution in [0.15, 0.2) is 47.6 Å². The third kappa shape index (κ3) is 5.98. The second kappa shape index (κ2) is 11.9. The zero-order valence-corrected chi connectivity index (χ0v) is 21.5. The molecule has 0 spiro atoms. The van der Waals surface area contributed by atoms with Gasteiger partial charge in [0.05, 0.1) is 26.0 Å². The van der Waals surface area contributed by atoms with Crippen molar-refractivity contribution in [3.8, 4) is 11.5 Å². The fourth-order valence-corrected chi connectivity index (χ4v) is 5.39. The number of amides is 2. The van der Waals surface area contributed by atoms with Crippen LogP contribution in [0.5, 0.6) is 11.5 Å². The highest BCUT2D eigenvalue weighted by Crippen LogP contribution is 2.38. The number of rotatable bonds is 8. The number of thiophene rings is 1. The lowest BCUT2D eigenvalue weighted by atomic mass is 9.95. The third-order valence-electron chi connectivity index (χ3n) is 5.70. The molecule has 0 bridgehead atoms. The van der Waals surface area contributed by atoms with Crippen molar-refractivity contribution >= 4 is 46.2 Å². The van der Waals surface area contributed by atoms with E-state index in [1.807, 2.05) is 24.3 Å². The van der Waals surface area contributed by atoms with Crippen LogP contribution in [0.2, 0.25) is 5.02 Å². The van der Waals surface area contributed by atoms with E-state index >= 15 is 0 Å². The average Bonchev–Trinajstić information content (AvgIpc) is 3.25. The van der Waals surface area contributed by atoms with Crippen molar-refractivity contribution in [2.45, 2.75) is 32.3 Å². The number of methoxy groups -OCH3 is 2. The molecule has 2 aromatic carbocycles. The number of benzene rings is 2. The van der Waals surface area contributed by atoms with Crippen LogP contribution in [-0.4, -0.2) is 32.4 Å². The Bertz CT molecular complexity index is 1290. The first kappa shape index (κ1) is 25.5. The van der Waals surface area contributed by atoms with Gasteiger partial charge in [-0.05, 0) is 61.1 Å². The Morgan fingerprint density at radius 1 is 1.11 bits per heavy atom. The number of urea groups is 1. The van der Waals surface area contributed by atoms with Crippen LogP contribution in [0.3, 0.4) is 0 Å². The minimum Gasteiger partial charge on any atom is -0.493 e. The summed E-state index contributed by atoms with van der Waals surface area (Å²) in [6, 6.07) is 12.2. The van der Waals surface area contributed by atoms with Crippen molar-refractivity contribution in [2.24, 2.45) is 5.10 Å². The normalized spacial score (nSPS) is 12.6. The minimum absolute atomic E-state index is 0.297. The number of fused-ring (bicyclic) bond motifs is 1. The molecule has 8 nitrogen and oxygen atoms in total. The van der Waals surface area contributed by atoms with E-state index in [0.29, 0.717) is 39.3 Å². The van der Waals surface area contributed by atoms with E-state index in [0.717, 1.165) is 41.7 Å². The summed E-state index contributed by atoms with van der Waals surface area (Å²) in [4.78, 5) is 25.9. The molecule has 10 heteroatoms. The fourth-order valence-electron chi connectivity index (χ4n) is 3.92. The quantitative estimate of drug-likeness (QED) is 0.219. The van der Waals surface area contributed by atoms with Gasteiger partial charge in [0.2, 0.25) is 0 Å². The molecular weight excluding hydrogens is 502 g/mol.